The summed E-state index contributed by atoms with van der Waals surface area (Å²) in [6, 6.07) is 8.21. The molecular formula is C22H32N2O2. The first-order valence-electron chi connectivity index (χ1n) is 10.2. The van der Waals surface area contributed by atoms with Crippen molar-refractivity contribution in [3.05, 3.63) is 35.4 Å². The van der Waals surface area contributed by atoms with E-state index in [9.17, 15) is 9.59 Å². The van der Waals surface area contributed by atoms with Gasteiger partial charge >= 0.3 is 0 Å². The van der Waals surface area contributed by atoms with Crippen LogP contribution in [0.5, 0.6) is 0 Å². The Balaban J connectivity index is 1.44. The number of amides is 1. The van der Waals surface area contributed by atoms with Crippen LogP contribution in [0.4, 0.5) is 0 Å². The lowest BCUT2D eigenvalue weighted by molar-refractivity contribution is -0.123. The second kappa shape index (κ2) is 8.81. The molecule has 0 radical (unpaired) electrons. The average molecular weight is 357 g/mol. The summed E-state index contributed by atoms with van der Waals surface area (Å²) in [5.41, 5.74) is 1.99. The summed E-state index contributed by atoms with van der Waals surface area (Å²) >= 11 is 0. The number of carbonyl (C=O) groups excluding carboxylic acids is 2. The standard InChI is InChI=1S/C22H32N2O2/c1-16-7-9-18(10-8-16)22(26)19-11-13-24(14-12-19)15-21(25)23-20-6-4-3-5-17(20)2/h7-10,17,19-20H,3-6,11-15H2,1-2H3,(H,23,25)/t17-,20-/m1/s1. The zero-order chi connectivity index (χ0) is 18.5. The zero-order valence-corrected chi connectivity index (χ0v) is 16.2. The summed E-state index contributed by atoms with van der Waals surface area (Å²) in [6.45, 7) is 6.40. The number of carbonyl (C=O) groups is 2. The lowest BCUT2D eigenvalue weighted by Gasteiger charge is -2.33. The van der Waals surface area contributed by atoms with Gasteiger partial charge in [0.25, 0.3) is 0 Å². The predicted octanol–water partition coefficient (Wildman–Crippen LogP) is 3.58. The van der Waals surface area contributed by atoms with Gasteiger partial charge in [-0.05, 0) is 51.6 Å². The van der Waals surface area contributed by atoms with Gasteiger partial charge < -0.3 is 5.32 Å². The Morgan fingerprint density at radius 2 is 1.69 bits per heavy atom. The van der Waals surface area contributed by atoms with Crippen molar-refractivity contribution in [3.63, 3.8) is 0 Å². The number of benzene rings is 1. The Morgan fingerprint density at radius 1 is 1.04 bits per heavy atom. The first-order valence-corrected chi connectivity index (χ1v) is 10.2. The van der Waals surface area contributed by atoms with Crippen LogP contribution in [-0.4, -0.2) is 42.3 Å². The molecule has 1 aromatic rings. The third-order valence-electron chi connectivity index (χ3n) is 6.12. The van der Waals surface area contributed by atoms with Gasteiger partial charge in [0.15, 0.2) is 5.78 Å². The average Bonchev–Trinajstić information content (AvgIpc) is 2.64. The third kappa shape index (κ3) is 4.94. The van der Waals surface area contributed by atoms with E-state index >= 15 is 0 Å². The Bertz CT molecular complexity index is 618. The van der Waals surface area contributed by atoms with Crippen molar-refractivity contribution < 1.29 is 9.59 Å². The molecule has 26 heavy (non-hydrogen) atoms. The van der Waals surface area contributed by atoms with Crippen LogP contribution in [-0.2, 0) is 4.79 Å². The van der Waals surface area contributed by atoms with E-state index in [1.54, 1.807) is 0 Å². The van der Waals surface area contributed by atoms with Gasteiger partial charge in [-0.25, -0.2) is 0 Å². The fraction of sp³-hybridized carbons (Fsp3) is 0.636. The van der Waals surface area contributed by atoms with Crippen LogP contribution in [0.25, 0.3) is 0 Å². The van der Waals surface area contributed by atoms with Crippen molar-refractivity contribution in [1.29, 1.82) is 0 Å². The lowest BCUT2D eigenvalue weighted by atomic mass is 9.86. The van der Waals surface area contributed by atoms with Gasteiger partial charge in [-0.2, -0.15) is 0 Å². The first kappa shape index (κ1) is 19.1. The highest BCUT2D eigenvalue weighted by molar-refractivity contribution is 5.97. The Kier molecular flexibility index (Phi) is 6.47. The number of nitrogens with zero attached hydrogens (tertiary/aromatic N) is 1. The molecule has 1 amide bonds. The van der Waals surface area contributed by atoms with E-state index in [-0.39, 0.29) is 17.6 Å². The van der Waals surface area contributed by atoms with E-state index in [0.29, 0.717) is 18.5 Å². The number of aryl methyl sites for hydroxylation is 1. The van der Waals surface area contributed by atoms with Crippen molar-refractivity contribution in [2.45, 2.75) is 58.4 Å². The Hall–Kier alpha value is -1.68. The van der Waals surface area contributed by atoms with Gasteiger partial charge in [0.1, 0.15) is 0 Å². The molecule has 2 fully saturated rings. The Labute approximate surface area is 157 Å². The maximum absolute atomic E-state index is 12.6. The number of piperidine rings is 1. The SMILES string of the molecule is Cc1ccc(C(=O)C2CCN(CC(=O)N[C@@H]3CCCC[C@H]3C)CC2)cc1. The van der Waals surface area contributed by atoms with Crippen LogP contribution in [0, 0.1) is 18.8 Å². The maximum Gasteiger partial charge on any atom is 0.234 e. The second-order valence-electron chi connectivity index (χ2n) is 8.22. The molecule has 1 aromatic carbocycles. The number of Topliss-reactive ketones (excluding diaryl/α,β-unsaturated/α-hetero) is 1. The summed E-state index contributed by atoms with van der Waals surface area (Å²) in [5, 5.41) is 3.23. The maximum atomic E-state index is 12.6. The van der Waals surface area contributed by atoms with E-state index in [2.05, 4.69) is 17.1 Å². The van der Waals surface area contributed by atoms with Crippen molar-refractivity contribution >= 4 is 11.7 Å². The van der Waals surface area contributed by atoms with Crippen LogP contribution in [0.3, 0.4) is 0 Å². The van der Waals surface area contributed by atoms with E-state index in [1.807, 2.05) is 31.2 Å². The van der Waals surface area contributed by atoms with Crippen LogP contribution in [0.2, 0.25) is 0 Å². The third-order valence-corrected chi connectivity index (χ3v) is 6.12. The van der Waals surface area contributed by atoms with Crippen molar-refractivity contribution in [2.75, 3.05) is 19.6 Å². The molecule has 1 saturated carbocycles. The molecule has 0 spiro atoms. The number of ketones is 1. The zero-order valence-electron chi connectivity index (χ0n) is 16.2. The summed E-state index contributed by atoms with van der Waals surface area (Å²) < 4.78 is 0. The monoisotopic (exact) mass is 356 g/mol. The minimum absolute atomic E-state index is 0.0929. The molecule has 3 rings (SSSR count). The fourth-order valence-corrected chi connectivity index (χ4v) is 4.29. The fourth-order valence-electron chi connectivity index (χ4n) is 4.29. The quantitative estimate of drug-likeness (QED) is 0.820. The van der Waals surface area contributed by atoms with Gasteiger partial charge in [-0.15, -0.1) is 0 Å². The summed E-state index contributed by atoms with van der Waals surface area (Å²) in [5.74, 6) is 1.08. The topological polar surface area (TPSA) is 49.4 Å². The van der Waals surface area contributed by atoms with E-state index < -0.39 is 0 Å². The number of likely N-dealkylation sites (tertiary alicyclic amines) is 1. The molecule has 1 heterocycles. The molecule has 1 aliphatic carbocycles. The van der Waals surface area contributed by atoms with Crippen LogP contribution < -0.4 is 5.32 Å². The Morgan fingerprint density at radius 3 is 2.35 bits per heavy atom. The van der Waals surface area contributed by atoms with Crippen LogP contribution in [0.1, 0.15) is 61.4 Å². The molecule has 4 nitrogen and oxygen atoms in total. The van der Waals surface area contributed by atoms with Crippen molar-refractivity contribution in [3.8, 4) is 0 Å². The van der Waals surface area contributed by atoms with Gasteiger partial charge in [0.2, 0.25) is 5.91 Å². The molecule has 0 bridgehead atoms. The van der Waals surface area contributed by atoms with Crippen LogP contribution >= 0.6 is 0 Å². The van der Waals surface area contributed by atoms with Crippen LogP contribution in [0.15, 0.2) is 24.3 Å². The molecule has 2 atom stereocenters. The molecule has 2 aliphatic rings. The van der Waals surface area contributed by atoms with Gasteiger partial charge in [0.05, 0.1) is 6.54 Å². The largest absolute Gasteiger partial charge is 0.352 e. The normalized spacial score (nSPS) is 25.0. The summed E-state index contributed by atoms with van der Waals surface area (Å²) in [4.78, 5) is 27.2. The number of nitrogens with one attached hydrogen (secondary N) is 1. The predicted molar refractivity (Wildman–Crippen MR) is 104 cm³/mol. The van der Waals surface area contributed by atoms with E-state index in [0.717, 1.165) is 37.9 Å². The first-order chi connectivity index (χ1) is 12.5. The molecule has 4 heteroatoms. The number of hydrogen-bond acceptors (Lipinski definition) is 3. The van der Waals surface area contributed by atoms with Gasteiger partial charge in [-0.3, -0.25) is 14.5 Å². The number of rotatable bonds is 5. The van der Waals surface area contributed by atoms with Crippen molar-refractivity contribution in [2.24, 2.45) is 11.8 Å². The van der Waals surface area contributed by atoms with E-state index in [4.69, 9.17) is 0 Å². The summed E-state index contributed by atoms with van der Waals surface area (Å²) in [7, 11) is 0. The smallest absolute Gasteiger partial charge is 0.234 e. The highest BCUT2D eigenvalue weighted by atomic mass is 16.2. The summed E-state index contributed by atoms with van der Waals surface area (Å²) in [6.07, 6.45) is 6.54. The molecular weight excluding hydrogens is 324 g/mol. The van der Waals surface area contributed by atoms with Crippen molar-refractivity contribution in [1.82, 2.24) is 10.2 Å². The minimum atomic E-state index is 0.0929. The molecule has 0 aromatic heterocycles. The second-order valence-corrected chi connectivity index (χ2v) is 8.22. The highest BCUT2D eigenvalue weighted by Crippen LogP contribution is 2.24. The van der Waals surface area contributed by atoms with Gasteiger partial charge in [-0.1, -0.05) is 49.6 Å². The highest BCUT2D eigenvalue weighted by Gasteiger charge is 2.28. The molecule has 1 saturated heterocycles. The van der Waals surface area contributed by atoms with E-state index in [1.165, 1.54) is 24.8 Å². The minimum Gasteiger partial charge on any atom is -0.352 e. The molecule has 1 N–H and O–H groups in total. The molecule has 142 valence electrons. The lowest BCUT2D eigenvalue weighted by Crippen LogP contribution is -2.47. The number of hydrogen-bond donors (Lipinski definition) is 1. The van der Waals surface area contributed by atoms with Gasteiger partial charge in [0, 0.05) is 17.5 Å². The molecule has 1 aliphatic heterocycles. The molecule has 0 unspecified atom stereocenters.